The number of carbonyl (C=O) groups excluding carboxylic acids is 1. The van der Waals surface area contributed by atoms with Gasteiger partial charge in [0.2, 0.25) is 0 Å². The molecule has 0 spiro atoms. The number of nitrogens with zero attached hydrogens (tertiary/aromatic N) is 2. The fourth-order valence-corrected chi connectivity index (χ4v) is 2.80. The molecule has 0 radical (unpaired) electrons. The van der Waals surface area contributed by atoms with Crippen molar-refractivity contribution < 1.29 is 14.5 Å². The zero-order chi connectivity index (χ0) is 16.6. The van der Waals surface area contributed by atoms with E-state index in [-0.39, 0.29) is 11.6 Å². The van der Waals surface area contributed by atoms with Crippen molar-refractivity contribution in [3.8, 4) is 5.75 Å². The lowest BCUT2D eigenvalue weighted by molar-refractivity contribution is -0.384. The third-order valence-corrected chi connectivity index (χ3v) is 3.98. The van der Waals surface area contributed by atoms with E-state index >= 15 is 0 Å². The molecule has 23 heavy (non-hydrogen) atoms. The number of hydrogen-bond donors (Lipinski definition) is 0. The Balaban J connectivity index is 1.86. The van der Waals surface area contributed by atoms with Gasteiger partial charge in [-0.25, -0.2) is 0 Å². The highest BCUT2D eigenvalue weighted by Gasteiger charge is 2.29. The molecule has 1 heterocycles. The first-order valence-corrected chi connectivity index (χ1v) is 7.19. The predicted molar refractivity (Wildman–Crippen MR) is 84.4 cm³/mol. The highest BCUT2D eigenvalue weighted by atomic mass is 16.6. The van der Waals surface area contributed by atoms with Crippen LogP contribution < -0.4 is 4.74 Å². The van der Waals surface area contributed by atoms with Crippen LogP contribution in [0.4, 0.5) is 5.69 Å². The molecule has 0 aromatic heterocycles. The van der Waals surface area contributed by atoms with E-state index in [1.54, 1.807) is 12.0 Å². The second kappa shape index (κ2) is 5.72. The Hall–Kier alpha value is -2.89. The van der Waals surface area contributed by atoms with Gasteiger partial charge in [0.05, 0.1) is 12.0 Å². The second-order valence-corrected chi connectivity index (χ2v) is 5.58. The van der Waals surface area contributed by atoms with E-state index in [0.717, 1.165) is 16.9 Å². The van der Waals surface area contributed by atoms with Gasteiger partial charge < -0.3 is 9.64 Å². The predicted octanol–water partition coefficient (Wildman–Crippen LogP) is 3.07. The van der Waals surface area contributed by atoms with Gasteiger partial charge in [-0.2, -0.15) is 0 Å². The number of amides is 1. The van der Waals surface area contributed by atoms with Gasteiger partial charge in [0.25, 0.3) is 11.6 Å². The van der Waals surface area contributed by atoms with Crippen LogP contribution in [0.3, 0.4) is 0 Å². The van der Waals surface area contributed by atoms with Crippen molar-refractivity contribution in [1.82, 2.24) is 4.90 Å². The Morgan fingerprint density at radius 3 is 2.74 bits per heavy atom. The molecule has 0 atom stereocenters. The molecule has 0 aliphatic carbocycles. The van der Waals surface area contributed by atoms with Gasteiger partial charge >= 0.3 is 0 Å². The summed E-state index contributed by atoms with van der Waals surface area (Å²) >= 11 is 0. The fourth-order valence-electron chi connectivity index (χ4n) is 2.80. The summed E-state index contributed by atoms with van der Waals surface area (Å²) in [7, 11) is 1.60. The maximum Gasteiger partial charge on any atom is 0.269 e. The number of aryl methyl sites for hydroxylation is 1. The van der Waals surface area contributed by atoms with Gasteiger partial charge in [0.1, 0.15) is 5.75 Å². The largest absolute Gasteiger partial charge is 0.496 e. The lowest BCUT2D eigenvalue weighted by atomic mass is 10.1. The molecule has 0 fully saturated rings. The summed E-state index contributed by atoms with van der Waals surface area (Å²) in [5.74, 6) is 0.622. The molecule has 6 nitrogen and oxygen atoms in total. The first-order chi connectivity index (χ1) is 11.0. The van der Waals surface area contributed by atoms with E-state index in [2.05, 4.69) is 0 Å². The summed E-state index contributed by atoms with van der Waals surface area (Å²) in [4.78, 5) is 24.5. The van der Waals surface area contributed by atoms with Crippen molar-refractivity contribution in [2.45, 2.75) is 20.0 Å². The zero-order valence-electron chi connectivity index (χ0n) is 12.9. The number of ether oxygens (including phenoxy) is 1. The number of nitro groups is 1. The van der Waals surface area contributed by atoms with E-state index in [9.17, 15) is 14.9 Å². The molecule has 0 bridgehead atoms. The standard InChI is InChI=1S/C17H16N2O4/c1-11-3-4-12(16(7-11)23-2)9-18-10-13-8-14(19(21)22)5-6-15(13)17(18)20/h3-8H,9-10H2,1-2H3. The summed E-state index contributed by atoms with van der Waals surface area (Å²) in [6.07, 6.45) is 0. The van der Waals surface area contributed by atoms with Gasteiger partial charge in [-0.1, -0.05) is 12.1 Å². The molecule has 0 unspecified atom stereocenters. The van der Waals surface area contributed by atoms with Gasteiger partial charge in [0.15, 0.2) is 0 Å². The van der Waals surface area contributed by atoms with Crippen LogP contribution in [0.5, 0.6) is 5.75 Å². The van der Waals surface area contributed by atoms with Crippen molar-refractivity contribution in [3.05, 3.63) is 68.8 Å². The minimum atomic E-state index is -0.448. The first kappa shape index (κ1) is 15.0. The monoisotopic (exact) mass is 312 g/mol. The fraction of sp³-hybridized carbons (Fsp3) is 0.235. The minimum absolute atomic E-state index is 0.00585. The maximum absolute atomic E-state index is 12.5. The van der Waals surface area contributed by atoms with E-state index < -0.39 is 4.92 Å². The third-order valence-electron chi connectivity index (χ3n) is 3.98. The Kier molecular flexibility index (Phi) is 3.73. The Bertz CT molecular complexity index is 801. The molecular weight excluding hydrogens is 296 g/mol. The number of benzene rings is 2. The first-order valence-electron chi connectivity index (χ1n) is 7.19. The topological polar surface area (TPSA) is 72.7 Å². The number of hydrogen-bond acceptors (Lipinski definition) is 4. The number of rotatable bonds is 4. The molecular formula is C17H16N2O4. The van der Waals surface area contributed by atoms with Crippen molar-refractivity contribution in [2.75, 3.05) is 7.11 Å². The van der Waals surface area contributed by atoms with Crippen molar-refractivity contribution in [3.63, 3.8) is 0 Å². The van der Waals surface area contributed by atoms with Crippen LogP contribution in [0.25, 0.3) is 0 Å². The normalized spacial score (nSPS) is 13.1. The van der Waals surface area contributed by atoms with Crippen LogP contribution in [0, 0.1) is 17.0 Å². The lowest BCUT2D eigenvalue weighted by Gasteiger charge is -2.18. The molecule has 1 amide bonds. The summed E-state index contributed by atoms with van der Waals surface area (Å²) in [5, 5.41) is 10.9. The zero-order valence-corrected chi connectivity index (χ0v) is 12.9. The molecule has 0 saturated carbocycles. The van der Waals surface area contributed by atoms with Crippen LogP contribution in [-0.2, 0) is 13.1 Å². The van der Waals surface area contributed by atoms with E-state index in [1.807, 2.05) is 25.1 Å². The molecule has 0 N–H and O–H groups in total. The average molecular weight is 312 g/mol. The molecule has 2 aromatic rings. The molecule has 2 aromatic carbocycles. The Morgan fingerprint density at radius 1 is 1.26 bits per heavy atom. The smallest absolute Gasteiger partial charge is 0.269 e. The average Bonchev–Trinajstić information content (AvgIpc) is 2.84. The maximum atomic E-state index is 12.5. The van der Waals surface area contributed by atoms with Crippen LogP contribution in [0.15, 0.2) is 36.4 Å². The van der Waals surface area contributed by atoms with Gasteiger partial charge in [-0.15, -0.1) is 0 Å². The van der Waals surface area contributed by atoms with Gasteiger partial charge in [0, 0.05) is 36.3 Å². The quantitative estimate of drug-likeness (QED) is 0.642. The number of methoxy groups -OCH3 is 1. The summed E-state index contributed by atoms with van der Waals surface area (Å²) in [6, 6.07) is 10.2. The number of fused-ring (bicyclic) bond motifs is 1. The van der Waals surface area contributed by atoms with Gasteiger partial charge in [-0.05, 0) is 30.2 Å². The lowest BCUT2D eigenvalue weighted by Crippen LogP contribution is -2.23. The Morgan fingerprint density at radius 2 is 2.04 bits per heavy atom. The highest BCUT2D eigenvalue weighted by molar-refractivity contribution is 5.98. The van der Waals surface area contributed by atoms with Crippen LogP contribution >= 0.6 is 0 Å². The van der Waals surface area contributed by atoms with E-state index in [0.29, 0.717) is 24.2 Å². The third kappa shape index (κ3) is 2.75. The summed E-state index contributed by atoms with van der Waals surface area (Å²) in [5.41, 5.74) is 3.22. The van der Waals surface area contributed by atoms with Crippen LogP contribution in [0.2, 0.25) is 0 Å². The number of carbonyl (C=O) groups is 1. The molecule has 1 aliphatic rings. The molecule has 6 heteroatoms. The van der Waals surface area contributed by atoms with Crippen LogP contribution in [0.1, 0.15) is 27.0 Å². The summed E-state index contributed by atoms with van der Waals surface area (Å²) in [6.45, 7) is 2.75. The van der Waals surface area contributed by atoms with Crippen LogP contribution in [-0.4, -0.2) is 22.8 Å². The highest BCUT2D eigenvalue weighted by Crippen LogP contribution is 2.30. The van der Waals surface area contributed by atoms with Gasteiger partial charge in [-0.3, -0.25) is 14.9 Å². The SMILES string of the molecule is COc1cc(C)ccc1CN1Cc2cc([N+](=O)[O-])ccc2C1=O. The minimum Gasteiger partial charge on any atom is -0.496 e. The molecule has 3 rings (SSSR count). The van der Waals surface area contributed by atoms with Crippen molar-refractivity contribution in [2.24, 2.45) is 0 Å². The van der Waals surface area contributed by atoms with Crippen molar-refractivity contribution >= 4 is 11.6 Å². The van der Waals surface area contributed by atoms with E-state index in [4.69, 9.17) is 4.74 Å². The summed E-state index contributed by atoms with van der Waals surface area (Å²) < 4.78 is 5.37. The molecule has 118 valence electrons. The van der Waals surface area contributed by atoms with Crippen molar-refractivity contribution in [1.29, 1.82) is 0 Å². The molecule has 0 saturated heterocycles. The van der Waals surface area contributed by atoms with E-state index in [1.165, 1.54) is 18.2 Å². The number of nitro benzene ring substituents is 1. The second-order valence-electron chi connectivity index (χ2n) is 5.58. The molecule has 1 aliphatic heterocycles. The Labute approximate surface area is 133 Å². The number of non-ortho nitro benzene ring substituents is 1.